The normalized spacial score (nSPS) is 16.6. The van der Waals surface area contributed by atoms with Crippen molar-refractivity contribution in [1.29, 1.82) is 0 Å². The van der Waals surface area contributed by atoms with Crippen LogP contribution in [0.2, 0.25) is 5.02 Å². The molecule has 1 aliphatic rings. The Morgan fingerprint density at radius 1 is 1.33 bits per heavy atom. The minimum Gasteiger partial charge on any atom is -0.375 e. The van der Waals surface area contributed by atoms with Crippen LogP contribution in [-0.2, 0) is 6.54 Å². The minimum atomic E-state index is -0.616. The van der Waals surface area contributed by atoms with E-state index in [4.69, 9.17) is 17.3 Å². The van der Waals surface area contributed by atoms with Gasteiger partial charge in [0.25, 0.3) is 0 Å². The van der Waals surface area contributed by atoms with E-state index in [-0.39, 0.29) is 28.2 Å². The van der Waals surface area contributed by atoms with Crippen molar-refractivity contribution >= 4 is 40.8 Å². The predicted octanol–water partition coefficient (Wildman–Crippen LogP) is 3.64. The van der Waals surface area contributed by atoms with E-state index in [0.717, 1.165) is 24.8 Å². The van der Waals surface area contributed by atoms with Crippen molar-refractivity contribution in [3.63, 3.8) is 0 Å². The highest BCUT2D eigenvalue weighted by Crippen LogP contribution is 2.29. The SMILES string of the molecule is CN(Cc1c(F)cccc1Cl)[C@H]1CCN(c2cc(F)c(C=NNC(N)=S)cc2F)C1. The molecule has 0 unspecified atom stereocenters. The number of thiocarbonyl (C=S) groups is 1. The molecule has 1 aliphatic heterocycles. The third-order valence-electron chi connectivity index (χ3n) is 5.04. The number of nitrogens with zero attached hydrogens (tertiary/aromatic N) is 3. The second-order valence-corrected chi connectivity index (χ2v) is 7.91. The summed E-state index contributed by atoms with van der Waals surface area (Å²) in [6, 6.07) is 6.84. The third kappa shape index (κ3) is 5.21. The number of benzene rings is 2. The lowest BCUT2D eigenvalue weighted by molar-refractivity contribution is 0.247. The van der Waals surface area contributed by atoms with Gasteiger partial charge in [-0.3, -0.25) is 10.3 Å². The molecule has 5 nitrogen and oxygen atoms in total. The van der Waals surface area contributed by atoms with Crippen LogP contribution in [0.5, 0.6) is 0 Å². The number of hydrazone groups is 1. The number of anilines is 1. The fraction of sp³-hybridized carbons (Fsp3) is 0.300. The number of likely N-dealkylation sites (N-methyl/N-ethyl adjacent to an activating group) is 1. The molecule has 0 aliphatic carbocycles. The highest BCUT2D eigenvalue weighted by Gasteiger charge is 2.28. The lowest BCUT2D eigenvalue weighted by Gasteiger charge is -2.26. The maximum atomic E-state index is 14.6. The van der Waals surface area contributed by atoms with Crippen LogP contribution in [0.15, 0.2) is 35.4 Å². The lowest BCUT2D eigenvalue weighted by atomic mass is 10.1. The summed E-state index contributed by atoms with van der Waals surface area (Å²) in [5.41, 5.74) is 8.10. The Bertz CT molecular complexity index is 951. The van der Waals surface area contributed by atoms with Crippen LogP contribution in [0.1, 0.15) is 17.5 Å². The van der Waals surface area contributed by atoms with Crippen molar-refractivity contribution in [2.75, 3.05) is 25.0 Å². The van der Waals surface area contributed by atoms with Crippen molar-refractivity contribution in [2.45, 2.75) is 19.0 Å². The molecule has 1 heterocycles. The van der Waals surface area contributed by atoms with Gasteiger partial charge in [0.05, 0.1) is 11.9 Å². The summed E-state index contributed by atoms with van der Waals surface area (Å²) >= 11 is 10.7. The number of halogens is 4. The summed E-state index contributed by atoms with van der Waals surface area (Å²) in [6.45, 7) is 1.36. The Hall–Kier alpha value is -2.36. The summed E-state index contributed by atoms with van der Waals surface area (Å²) in [6.07, 6.45) is 1.84. The summed E-state index contributed by atoms with van der Waals surface area (Å²) in [5, 5.41) is 3.94. The van der Waals surface area contributed by atoms with Gasteiger partial charge in [-0.1, -0.05) is 17.7 Å². The molecule has 2 aromatic carbocycles. The molecule has 0 aromatic heterocycles. The second kappa shape index (κ2) is 9.63. The first-order chi connectivity index (χ1) is 14.3. The average molecular weight is 456 g/mol. The van der Waals surface area contributed by atoms with Crippen LogP contribution in [-0.4, -0.2) is 42.4 Å². The number of rotatable bonds is 6. The van der Waals surface area contributed by atoms with Crippen LogP contribution >= 0.6 is 23.8 Å². The summed E-state index contributed by atoms with van der Waals surface area (Å²) in [4.78, 5) is 3.75. The molecular formula is C20H21ClF3N5S. The molecule has 0 saturated carbocycles. The third-order valence-corrected chi connectivity index (χ3v) is 5.49. The smallest absolute Gasteiger partial charge is 0.184 e. The van der Waals surface area contributed by atoms with E-state index in [1.54, 1.807) is 17.0 Å². The molecule has 3 rings (SSSR count). The van der Waals surface area contributed by atoms with Gasteiger partial charge >= 0.3 is 0 Å². The number of nitrogens with one attached hydrogen (secondary N) is 1. The Kier molecular flexibility index (Phi) is 7.17. The molecule has 0 radical (unpaired) electrons. The monoisotopic (exact) mass is 455 g/mol. The number of hydrogen-bond acceptors (Lipinski definition) is 4. The van der Waals surface area contributed by atoms with Gasteiger partial charge in [-0.05, 0) is 43.9 Å². The molecule has 10 heteroatoms. The molecule has 2 aromatic rings. The number of nitrogens with two attached hydrogens (primary N) is 1. The highest BCUT2D eigenvalue weighted by molar-refractivity contribution is 7.80. The van der Waals surface area contributed by atoms with E-state index in [1.807, 2.05) is 11.9 Å². The first kappa shape index (κ1) is 22.3. The van der Waals surface area contributed by atoms with Gasteiger partial charge in [0.1, 0.15) is 17.5 Å². The molecule has 1 atom stereocenters. The predicted molar refractivity (Wildman–Crippen MR) is 117 cm³/mol. The largest absolute Gasteiger partial charge is 0.375 e. The molecule has 1 saturated heterocycles. The van der Waals surface area contributed by atoms with Crippen LogP contribution in [0.25, 0.3) is 0 Å². The van der Waals surface area contributed by atoms with Gasteiger partial charge in [-0.15, -0.1) is 0 Å². The van der Waals surface area contributed by atoms with Gasteiger partial charge in [-0.2, -0.15) is 5.10 Å². The minimum absolute atomic E-state index is 0.0259. The van der Waals surface area contributed by atoms with E-state index in [1.165, 1.54) is 6.07 Å². The lowest BCUT2D eigenvalue weighted by Crippen LogP contribution is -2.34. The fourth-order valence-electron chi connectivity index (χ4n) is 3.44. The van der Waals surface area contributed by atoms with Crippen molar-refractivity contribution in [3.8, 4) is 0 Å². The van der Waals surface area contributed by atoms with Crippen LogP contribution in [0.4, 0.5) is 18.9 Å². The molecule has 160 valence electrons. The van der Waals surface area contributed by atoms with E-state index < -0.39 is 11.6 Å². The first-order valence-electron chi connectivity index (χ1n) is 9.22. The molecule has 0 spiro atoms. The Morgan fingerprint density at radius 3 is 2.80 bits per heavy atom. The van der Waals surface area contributed by atoms with Crippen LogP contribution in [0, 0.1) is 17.5 Å². The summed E-state index contributed by atoms with van der Waals surface area (Å²) < 4.78 is 43.1. The standard InChI is InChI=1S/C20H21ClF3N5S/c1-28(11-14-15(21)3-2-4-16(14)22)13-5-6-29(10-13)19-8-17(23)12(7-18(19)24)9-26-27-20(25)30/h2-4,7-9,13H,5-6,10-11H2,1H3,(H3,25,27,30)/t13-/m0/s1. The molecule has 0 amide bonds. The molecule has 30 heavy (non-hydrogen) atoms. The van der Waals surface area contributed by atoms with Crippen molar-refractivity contribution in [3.05, 3.63) is 63.9 Å². The zero-order valence-electron chi connectivity index (χ0n) is 16.2. The van der Waals surface area contributed by atoms with E-state index in [9.17, 15) is 13.2 Å². The highest BCUT2D eigenvalue weighted by atomic mass is 35.5. The quantitative estimate of drug-likeness (QED) is 0.396. The zero-order chi connectivity index (χ0) is 21.8. The topological polar surface area (TPSA) is 56.9 Å². The van der Waals surface area contributed by atoms with Crippen molar-refractivity contribution in [1.82, 2.24) is 10.3 Å². The molecule has 3 N–H and O–H groups in total. The van der Waals surface area contributed by atoms with Gasteiger partial charge < -0.3 is 10.6 Å². The maximum absolute atomic E-state index is 14.6. The van der Waals surface area contributed by atoms with Crippen molar-refractivity contribution < 1.29 is 13.2 Å². The van der Waals surface area contributed by atoms with Gasteiger partial charge in [-0.25, -0.2) is 13.2 Å². The first-order valence-corrected chi connectivity index (χ1v) is 10.0. The summed E-state index contributed by atoms with van der Waals surface area (Å²) in [7, 11) is 1.86. The van der Waals surface area contributed by atoms with Gasteiger partial charge in [0.15, 0.2) is 5.11 Å². The Balaban J connectivity index is 1.69. The van der Waals surface area contributed by atoms with Gasteiger partial charge in [0, 0.05) is 47.9 Å². The fourth-order valence-corrected chi connectivity index (χ4v) is 3.72. The molecule has 0 bridgehead atoms. The second-order valence-electron chi connectivity index (χ2n) is 7.06. The van der Waals surface area contributed by atoms with Crippen LogP contribution in [0.3, 0.4) is 0 Å². The van der Waals surface area contributed by atoms with Gasteiger partial charge in [0.2, 0.25) is 0 Å². The summed E-state index contributed by atoms with van der Waals surface area (Å²) in [5.74, 6) is -1.54. The van der Waals surface area contributed by atoms with E-state index >= 15 is 0 Å². The maximum Gasteiger partial charge on any atom is 0.184 e. The molecular weight excluding hydrogens is 435 g/mol. The average Bonchev–Trinajstić information content (AvgIpc) is 3.17. The molecule has 1 fully saturated rings. The number of hydrogen-bond donors (Lipinski definition) is 2. The van der Waals surface area contributed by atoms with E-state index in [0.29, 0.717) is 30.2 Å². The van der Waals surface area contributed by atoms with E-state index in [2.05, 4.69) is 22.7 Å². The zero-order valence-corrected chi connectivity index (χ0v) is 17.8. The Morgan fingerprint density at radius 2 is 2.10 bits per heavy atom. The Labute approximate surface area is 183 Å². The van der Waals surface area contributed by atoms with Crippen LogP contribution < -0.4 is 16.1 Å². The van der Waals surface area contributed by atoms with Crippen molar-refractivity contribution in [2.24, 2.45) is 10.8 Å².